The van der Waals surface area contributed by atoms with Crippen molar-refractivity contribution in [3.63, 3.8) is 0 Å². The van der Waals surface area contributed by atoms with Gasteiger partial charge in [0.2, 0.25) is 5.88 Å². The van der Waals surface area contributed by atoms with Crippen LogP contribution in [-0.4, -0.2) is 43.4 Å². The van der Waals surface area contributed by atoms with Crippen LogP contribution in [0.1, 0.15) is 37.0 Å². The number of aryl methyl sites for hydroxylation is 1. The number of aliphatic imine (C=N–C) groups is 1. The quantitative estimate of drug-likeness (QED) is 0.286. The van der Waals surface area contributed by atoms with Crippen LogP contribution >= 0.6 is 24.0 Å². The maximum absolute atomic E-state index is 6.20. The van der Waals surface area contributed by atoms with Crippen LogP contribution in [0.15, 0.2) is 41.5 Å². The van der Waals surface area contributed by atoms with Crippen LogP contribution < -0.4 is 20.1 Å². The molecule has 2 heterocycles. The van der Waals surface area contributed by atoms with E-state index in [-0.39, 0.29) is 30.1 Å². The summed E-state index contributed by atoms with van der Waals surface area (Å²) in [6.45, 7) is 10.0. The van der Waals surface area contributed by atoms with Gasteiger partial charge in [-0.1, -0.05) is 12.1 Å². The van der Waals surface area contributed by atoms with E-state index in [0.717, 1.165) is 42.4 Å². The summed E-state index contributed by atoms with van der Waals surface area (Å²) in [7, 11) is 0. The van der Waals surface area contributed by atoms with Gasteiger partial charge < -0.3 is 24.8 Å². The monoisotopic (exact) mass is 540 g/mol. The Balaban J connectivity index is 0.00000341. The molecule has 1 aliphatic heterocycles. The third-order valence-electron chi connectivity index (χ3n) is 4.71. The molecule has 8 heteroatoms. The molecule has 3 rings (SSSR count). The summed E-state index contributed by atoms with van der Waals surface area (Å²) in [5.74, 6) is 2.29. The van der Waals surface area contributed by atoms with Crippen molar-refractivity contribution in [2.45, 2.75) is 46.4 Å². The number of nitrogens with one attached hydrogen (secondary N) is 2. The number of hydrogen-bond acceptors (Lipinski definition) is 5. The first-order chi connectivity index (χ1) is 14.7. The van der Waals surface area contributed by atoms with E-state index in [1.54, 1.807) is 6.20 Å². The molecule has 7 nitrogen and oxygen atoms in total. The molecule has 1 aromatic heterocycles. The summed E-state index contributed by atoms with van der Waals surface area (Å²) >= 11 is 0. The second kappa shape index (κ2) is 13.4. The summed E-state index contributed by atoms with van der Waals surface area (Å²) in [6.07, 6.45) is 2.80. The Kier molecular flexibility index (Phi) is 10.9. The molecule has 1 saturated heterocycles. The van der Waals surface area contributed by atoms with Gasteiger partial charge in [-0.15, -0.1) is 24.0 Å². The first-order valence-electron chi connectivity index (χ1n) is 10.6. The molecule has 2 aromatic rings. The van der Waals surface area contributed by atoms with Gasteiger partial charge in [-0.3, -0.25) is 0 Å². The predicted octanol–water partition coefficient (Wildman–Crippen LogP) is 3.83. The van der Waals surface area contributed by atoms with Gasteiger partial charge >= 0.3 is 0 Å². The van der Waals surface area contributed by atoms with E-state index in [1.165, 1.54) is 5.56 Å². The van der Waals surface area contributed by atoms with Gasteiger partial charge in [-0.25, -0.2) is 9.98 Å². The molecule has 170 valence electrons. The zero-order valence-corrected chi connectivity index (χ0v) is 20.8. The standard InChI is InChI=1S/C23H32N4O3.HI/c1-4-24-23(26-14-18-8-10-25-22(13-18)29-5-2)27-15-19-7-6-17(3)12-21(19)30-20-9-11-28-16-20;/h6-8,10,12-13,20H,4-5,9,11,14-16H2,1-3H3,(H2,24,26,27);1H. The van der Waals surface area contributed by atoms with Crippen molar-refractivity contribution in [2.24, 2.45) is 4.99 Å². The molecular formula is C23H33IN4O3. The molecule has 0 spiro atoms. The molecule has 2 N–H and O–H groups in total. The topological polar surface area (TPSA) is 77.0 Å². The molecule has 1 atom stereocenters. The van der Waals surface area contributed by atoms with Crippen LogP contribution in [0.3, 0.4) is 0 Å². The number of guanidine groups is 1. The first-order valence-corrected chi connectivity index (χ1v) is 10.6. The molecule has 1 aromatic carbocycles. The number of hydrogen-bond donors (Lipinski definition) is 2. The molecule has 0 amide bonds. The number of rotatable bonds is 9. The van der Waals surface area contributed by atoms with E-state index in [2.05, 4.69) is 47.7 Å². The highest BCUT2D eigenvalue weighted by Crippen LogP contribution is 2.23. The van der Waals surface area contributed by atoms with Gasteiger partial charge in [0.1, 0.15) is 11.9 Å². The zero-order chi connectivity index (χ0) is 21.2. The number of nitrogens with zero attached hydrogens (tertiary/aromatic N) is 2. The Morgan fingerprint density at radius 2 is 2.10 bits per heavy atom. The lowest BCUT2D eigenvalue weighted by Crippen LogP contribution is -2.37. The Bertz CT molecular complexity index is 841. The van der Waals surface area contributed by atoms with Gasteiger partial charge in [0, 0.05) is 37.3 Å². The van der Waals surface area contributed by atoms with Crippen molar-refractivity contribution in [3.8, 4) is 11.6 Å². The highest BCUT2D eigenvalue weighted by Gasteiger charge is 2.18. The van der Waals surface area contributed by atoms with Crippen molar-refractivity contribution in [2.75, 3.05) is 26.4 Å². The minimum Gasteiger partial charge on any atom is -0.488 e. The van der Waals surface area contributed by atoms with E-state index in [4.69, 9.17) is 19.2 Å². The lowest BCUT2D eigenvalue weighted by atomic mass is 10.1. The van der Waals surface area contributed by atoms with E-state index in [0.29, 0.717) is 32.2 Å². The van der Waals surface area contributed by atoms with Crippen LogP contribution in [0.4, 0.5) is 0 Å². The van der Waals surface area contributed by atoms with Crippen LogP contribution in [-0.2, 0) is 17.8 Å². The highest BCUT2D eigenvalue weighted by atomic mass is 127. The van der Waals surface area contributed by atoms with Crippen LogP contribution in [0, 0.1) is 6.92 Å². The molecule has 1 unspecified atom stereocenters. The Hall–Kier alpha value is -2.07. The molecule has 31 heavy (non-hydrogen) atoms. The number of ether oxygens (including phenoxy) is 3. The molecular weight excluding hydrogens is 507 g/mol. The Morgan fingerprint density at radius 1 is 1.23 bits per heavy atom. The molecule has 0 saturated carbocycles. The van der Waals surface area contributed by atoms with Crippen molar-refractivity contribution < 1.29 is 14.2 Å². The zero-order valence-electron chi connectivity index (χ0n) is 18.5. The molecule has 0 bridgehead atoms. The van der Waals surface area contributed by atoms with Crippen molar-refractivity contribution in [3.05, 3.63) is 53.2 Å². The fourth-order valence-electron chi connectivity index (χ4n) is 3.17. The average molecular weight is 540 g/mol. The van der Waals surface area contributed by atoms with Crippen molar-refractivity contribution in [1.29, 1.82) is 0 Å². The Labute approximate surface area is 202 Å². The highest BCUT2D eigenvalue weighted by molar-refractivity contribution is 14.0. The molecule has 1 fully saturated rings. The van der Waals surface area contributed by atoms with Crippen molar-refractivity contribution >= 4 is 29.9 Å². The third kappa shape index (κ3) is 8.17. The summed E-state index contributed by atoms with van der Waals surface area (Å²) < 4.78 is 17.1. The minimum atomic E-state index is 0. The van der Waals surface area contributed by atoms with Gasteiger partial charge in [-0.05, 0) is 44.0 Å². The Morgan fingerprint density at radius 3 is 2.84 bits per heavy atom. The first kappa shape index (κ1) is 25.2. The van der Waals surface area contributed by atoms with E-state index >= 15 is 0 Å². The van der Waals surface area contributed by atoms with Crippen LogP contribution in [0.2, 0.25) is 0 Å². The summed E-state index contributed by atoms with van der Waals surface area (Å²) in [5, 5.41) is 6.71. The smallest absolute Gasteiger partial charge is 0.213 e. The minimum absolute atomic E-state index is 0. The SMILES string of the molecule is CCNC(=NCc1ccnc(OCC)c1)NCc1ccc(C)cc1OC1CCOC1.I. The van der Waals surface area contributed by atoms with Gasteiger partial charge in [0.05, 0.1) is 26.4 Å². The summed E-state index contributed by atoms with van der Waals surface area (Å²) in [6, 6.07) is 10.2. The molecule has 0 aliphatic carbocycles. The van der Waals surface area contributed by atoms with E-state index < -0.39 is 0 Å². The van der Waals surface area contributed by atoms with Crippen LogP contribution in [0.25, 0.3) is 0 Å². The maximum Gasteiger partial charge on any atom is 0.213 e. The second-order valence-corrected chi connectivity index (χ2v) is 7.20. The lowest BCUT2D eigenvalue weighted by Gasteiger charge is -2.18. The van der Waals surface area contributed by atoms with E-state index in [9.17, 15) is 0 Å². The summed E-state index contributed by atoms with van der Waals surface area (Å²) in [5.41, 5.74) is 3.32. The van der Waals surface area contributed by atoms with Gasteiger partial charge in [0.25, 0.3) is 0 Å². The third-order valence-corrected chi connectivity index (χ3v) is 4.71. The lowest BCUT2D eigenvalue weighted by molar-refractivity contribution is 0.140. The fourth-order valence-corrected chi connectivity index (χ4v) is 3.17. The normalized spacial score (nSPS) is 15.8. The van der Waals surface area contributed by atoms with Gasteiger partial charge in [0.15, 0.2) is 5.96 Å². The van der Waals surface area contributed by atoms with Crippen molar-refractivity contribution in [1.82, 2.24) is 15.6 Å². The number of aromatic nitrogens is 1. The number of pyridine rings is 1. The molecule has 0 radical (unpaired) electrons. The average Bonchev–Trinajstić information content (AvgIpc) is 3.25. The maximum atomic E-state index is 6.20. The van der Waals surface area contributed by atoms with Gasteiger partial charge in [-0.2, -0.15) is 0 Å². The number of halogens is 1. The van der Waals surface area contributed by atoms with E-state index in [1.807, 2.05) is 19.1 Å². The largest absolute Gasteiger partial charge is 0.488 e. The molecule has 1 aliphatic rings. The summed E-state index contributed by atoms with van der Waals surface area (Å²) in [4.78, 5) is 8.90. The second-order valence-electron chi connectivity index (χ2n) is 7.20. The predicted molar refractivity (Wildman–Crippen MR) is 134 cm³/mol. The van der Waals surface area contributed by atoms with Crippen LogP contribution in [0.5, 0.6) is 11.6 Å². The fraction of sp³-hybridized carbons (Fsp3) is 0.478. The number of benzene rings is 1.